The molecule has 0 spiro atoms. The minimum atomic E-state index is -1.18. The summed E-state index contributed by atoms with van der Waals surface area (Å²) < 4.78 is 18.3. The Morgan fingerprint density at radius 1 is 1.53 bits per heavy atom. The van der Waals surface area contributed by atoms with Gasteiger partial charge in [0.2, 0.25) is 0 Å². The highest BCUT2D eigenvalue weighted by Gasteiger charge is 2.19. The highest BCUT2D eigenvalue weighted by atomic mass is 19.1. The molecule has 0 fully saturated rings. The maximum atomic E-state index is 13.4. The van der Waals surface area contributed by atoms with E-state index in [1.54, 1.807) is 6.07 Å². The lowest BCUT2D eigenvalue weighted by molar-refractivity contribution is 0.0688. The number of aromatic nitrogens is 1. The van der Waals surface area contributed by atoms with Crippen LogP contribution < -0.4 is 4.74 Å². The first kappa shape index (κ1) is 9.51. The third kappa shape index (κ3) is 1.32. The Hall–Kier alpha value is -2.04. The summed E-state index contributed by atoms with van der Waals surface area (Å²) in [5, 5.41) is 9.02. The number of aromatic carboxylic acids is 1. The van der Waals surface area contributed by atoms with Crippen LogP contribution in [-0.4, -0.2) is 23.2 Å². The number of benzene rings is 1. The summed E-state index contributed by atoms with van der Waals surface area (Å²) in [6.45, 7) is 0. The van der Waals surface area contributed by atoms with Gasteiger partial charge in [-0.15, -0.1) is 0 Å². The molecular weight excluding hydrogens is 201 g/mol. The van der Waals surface area contributed by atoms with Crippen LogP contribution in [0.4, 0.5) is 4.39 Å². The Labute approximate surface area is 84.3 Å². The zero-order valence-electron chi connectivity index (χ0n) is 7.87. The van der Waals surface area contributed by atoms with E-state index in [-0.39, 0.29) is 16.8 Å². The second-order valence-electron chi connectivity index (χ2n) is 3.00. The first-order chi connectivity index (χ1) is 7.15. The first-order valence-electron chi connectivity index (χ1n) is 4.22. The molecule has 0 bridgehead atoms. The van der Waals surface area contributed by atoms with Gasteiger partial charge in [-0.05, 0) is 12.1 Å². The number of rotatable bonds is 2. The standard InChI is InChI=1S/C10H8FNO3/c1-15-9-7-5(11)3-2-4-6(7)12-8(9)10(13)14/h2-4,12H,1H3,(H,13,14). The van der Waals surface area contributed by atoms with E-state index in [0.29, 0.717) is 5.52 Å². The van der Waals surface area contributed by atoms with Gasteiger partial charge in [0, 0.05) is 0 Å². The molecule has 15 heavy (non-hydrogen) atoms. The zero-order valence-corrected chi connectivity index (χ0v) is 7.87. The lowest BCUT2D eigenvalue weighted by Gasteiger charge is -1.99. The lowest BCUT2D eigenvalue weighted by atomic mass is 10.2. The second-order valence-corrected chi connectivity index (χ2v) is 3.00. The molecule has 2 N–H and O–H groups in total. The van der Waals surface area contributed by atoms with Crippen LogP contribution in [0.15, 0.2) is 18.2 Å². The Morgan fingerprint density at radius 2 is 2.27 bits per heavy atom. The topological polar surface area (TPSA) is 62.3 Å². The fourth-order valence-corrected chi connectivity index (χ4v) is 1.53. The van der Waals surface area contributed by atoms with Crippen molar-refractivity contribution in [2.24, 2.45) is 0 Å². The number of hydrogen-bond donors (Lipinski definition) is 2. The number of ether oxygens (including phenoxy) is 1. The molecule has 0 aliphatic heterocycles. The third-order valence-corrected chi connectivity index (χ3v) is 2.15. The monoisotopic (exact) mass is 209 g/mol. The molecule has 0 aliphatic carbocycles. The van der Waals surface area contributed by atoms with Crippen molar-refractivity contribution in [1.82, 2.24) is 4.98 Å². The number of hydrogen-bond acceptors (Lipinski definition) is 2. The summed E-state index contributed by atoms with van der Waals surface area (Å²) in [5.41, 5.74) is 0.266. The summed E-state index contributed by atoms with van der Waals surface area (Å²) in [5.74, 6) is -1.66. The van der Waals surface area contributed by atoms with Gasteiger partial charge >= 0.3 is 5.97 Å². The highest BCUT2D eigenvalue weighted by Crippen LogP contribution is 2.31. The van der Waals surface area contributed by atoms with Crippen molar-refractivity contribution >= 4 is 16.9 Å². The summed E-state index contributed by atoms with van der Waals surface area (Å²) in [4.78, 5) is 13.4. The van der Waals surface area contributed by atoms with Crippen LogP contribution in [0.25, 0.3) is 10.9 Å². The Morgan fingerprint density at radius 3 is 2.87 bits per heavy atom. The molecule has 1 aromatic heterocycles. The van der Waals surface area contributed by atoms with Crippen molar-refractivity contribution in [2.75, 3.05) is 7.11 Å². The number of carboxylic acids is 1. The number of carboxylic acid groups (broad SMARTS) is 1. The second kappa shape index (κ2) is 3.27. The van der Waals surface area contributed by atoms with E-state index < -0.39 is 11.8 Å². The number of nitrogens with one attached hydrogen (secondary N) is 1. The number of methoxy groups -OCH3 is 1. The van der Waals surface area contributed by atoms with E-state index in [4.69, 9.17) is 9.84 Å². The van der Waals surface area contributed by atoms with E-state index in [1.807, 2.05) is 0 Å². The Kier molecular flexibility index (Phi) is 2.07. The molecule has 0 amide bonds. The van der Waals surface area contributed by atoms with Crippen LogP contribution in [0.1, 0.15) is 10.5 Å². The molecule has 0 saturated heterocycles. The zero-order chi connectivity index (χ0) is 11.0. The Balaban J connectivity index is 2.86. The molecule has 5 heteroatoms. The smallest absolute Gasteiger partial charge is 0.356 e. The molecule has 78 valence electrons. The predicted molar refractivity (Wildman–Crippen MR) is 51.8 cm³/mol. The fourth-order valence-electron chi connectivity index (χ4n) is 1.53. The van der Waals surface area contributed by atoms with Crippen LogP contribution >= 0.6 is 0 Å². The molecule has 0 aliphatic rings. The van der Waals surface area contributed by atoms with E-state index in [2.05, 4.69) is 4.98 Å². The van der Waals surface area contributed by atoms with E-state index in [1.165, 1.54) is 19.2 Å². The van der Waals surface area contributed by atoms with E-state index in [0.717, 1.165) is 0 Å². The number of carbonyl (C=O) groups is 1. The van der Waals surface area contributed by atoms with Crippen molar-refractivity contribution in [1.29, 1.82) is 0 Å². The van der Waals surface area contributed by atoms with Crippen molar-refractivity contribution in [3.05, 3.63) is 29.7 Å². The molecule has 1 aromatic carbocycles. The summed E-state index contributed by atoms with van der Waals surface area (Å²) in [6.07, 6.45) is 0. The van der Waals surface area contributed by atoms with Crippen molar-refractivity contribution in [3.63, 3.8) is 0 Å². The molecule has 0 radical (unpaired) electrons. The molecule has 0 unspecified atom stereocenters. The Bertz CT molecular complexity index is 533. The van der Waals surface area contributed by atoms with Crippen molar-refractivity contribution in [2.45, 2.75) is 0 Å². The van der Waals surface area contributed by atoms with Crippen LogP contribution in [0.3, 0.4) is 0 Å². The summed E-state index contributed by atoms with van der Waals surface area (Å²) >= 11 is 0. The highest BCUT2D eigenvalue weighted by molar-refractivity contribution is 6.00. The average molecular weight is 209 g/mol. The minimum Gasteiger partial charge on any atom is -0.493 e. The number of fused-ring (bicyclic) bond motifs is 1. The van der Waals surface area contributed by atoms with Crippen LogP contribution in [0, 0.1) is 5.82 Å². The van der Waals surface area contributed by atoms with Gasteiger partial charge in [-0.2, -0.15) is 0 Å². The first-order valence-corrected chi connectivity index (χ1v) is 4.22. The average Bonchev–Trinajstić information content (AvgIpc) is 2.57. The quantitative estimate of drug-likeness (QED) is 0.795. The minimum absolute atomic E-state index is 0.0237. The maximum Gasteiger partial charge on any atom is 0.356 e. The SMILES string of the molecule is COc1c(C(=O)O)[nH]c2cccc(F)c12. The van der Waals surface area contributed by atoms with Gasteiger partial charge in [0.15, 0.2) is 11.4 Å². The van der Waals surface area contributed by atoms with Gasteiger partial charge in [0.1, 0.15) is 5.82 Å². The molecule has 2 rings (SSSR count). The molecule has 2 aromatic rings. The number of aromatic amines is 1. The predicted octanol–water partition coefficient (Wildman–Crippen LogP) is 2.01. The number of halogens is 1. The molecule has 0 saturated carbocycles. The summed E-state index contributed by atoms with van der Waals surface area (Å²) in [7, 11) is 1.31. The van der Waals surface area contributed by atoms with E-state index in [9.17, 15) is 9.18 Å². The van der Waals surface area contributed by atoms with E-state index >= 15 is 0 Å². The van der Waals surface area contributed by atoms with Gasteiger partial charge in [0.05, 0.1) is 18.0 Å². The van der Waals surface area contributed by atoms with Crippen LogP contribution in [0.5, 0.6) is 5.75 Å². The molecule has 0 atom stereocenters. The summed E-state index contributed by atoms with van der Waals surface area (Å²) in [6, 6.07) is 4.34. The lowest BCUT2D eigenvalue weighted by Crippen LogP contribution is -1.99. The van der Waals surface area contributed by atoms with Gasteiger partial charge < -0.3 is 14.8 Å². The van der Waals surface area contributed by atoms with Crippen molar-refractivity contribution < 1.29 is 19.0 Å². The largest absolute Gasteiger partial charge is 0.493 e. The maximum absolute atomic E-state index is 13.4. The van der Waals surface area contributed by atoms with Gasteiger partial charge in [-0.25, -0.2) is 9.18 Å². The van der Waals surface area contributed by atoms with Crippen molar-refractivity contribution in [3.8, 4) is 5.75 Å². The molecule has 4 nitrogen and oxygen atoms in total. The normalized spacial score (nSPS) is 10.5. The molecule has 1 heterocycles. The van der Waals surface area contributed by atoms with Gasteiger partial charge in [-0.1, -0.05) is 6.07 Å². The number of H-pyrrole nitrogens is 1. The van der Waals surface area contributed by atoms with Gasteiger partial charge in [0.25, 0.3) is 0 Å². The van der Waals surface area contributed by atoms with Crippen LogP contribution in [-0.2, 0) is 0 Å². The molecular formula is C10H8FNO3. The fraction of sp³-hybridized carbons (Fsp3) is 0.100. The van der Waals surface area contributed by atoms with Gasteiger partial charge in [-0.3, -0.25) is 0 Å². The van der Waals surface area contributed by atoms with Crippen LogP contribution in [0.2, 0.25) is 0 Å². The third-order valence-electron chi connectivity index (χ3n) is 2.15.